The molecule has 0 amide bonds. The molecule has 12 aromatic carbocycles. The van der Waals surface area contributed by atoms with Crippen LogP contribution in [0.15, 0.2) is 200 Å². The number of carbonyl (C=O) groups excluding carboxylic acids is 6. The molecule has 12 rings (SSSR count). The SMILES string of the molecule is CCCCCCc1cc(C(=O)COc2ccc(C)c(F)c2)c(O)cc1O.CCCc1cc(C(=O)COc2cc(F)c(C)c(F)c2)c(O)cc1O.CCCc1cc(C(=O)COc2ccc(C(C)C)cc2)c(O)cc1O.CCCc1cc(C(=O)COc2cccc(C)c2)c(O)cc1O.CCCc1cc(C(=O)COc2ccccc2C)c(O)cc1O.CCCc1cc(C(=O)COc2ccccc2Cl)c(O)cc1O. The Labute approximate surface area is 819 Å². The molecule has 0 aliphatic rings. The Morgan fingerprint density at radius 2 is 0.586 bits per heavy atom. The van der Waals surface area contributed by atoms with Gasteiger partial charge in [-0.2, -0.15) is 0 Å². The molecular weight excluding hydrogens is 1820 g/mol. The first-order valence-electron chi connectivity index (χ1n) is 46.2. The highest BCUT2D eigenvalue weighted by molar-refractivity contribution is 6.32. The van der Waals surface area contributed by atoms with Crippen LogP contribution >= 0.6 is 11.6 Å². The number of Topliss-reactive ketones (excluding diaryl/α,β-unsaturated/α-hetero) is 6. The van der Waals surface area contributed by atoms with Gasteiger partial charge in [0.2, 0.25) is 34.7 Å². The van der Waals surface area contributed by atoms with Crippen molar-refractivity contribution in [2.24, 2.45) is 0 Å². The van der Waals surface area contributed by atoms with E-state index in [4.69, 9.17) is 40.0 Å². The summed E-state index contributed by atoms with van der Waals surface area (Å²) in [6, 6.07) is 51.8. The molecule has 12 N–H and O–H groups in total. The molecule has 0 saturated heterocycles. The minimum absolute atomic E-state index is 0.00972. The average Bonchev–Trinajstić information content (AvgIpc) is 0.909. The van der Waals surface area contributed by atoms with Crippen LogP contribution in [-0.2, 0) is 38.5 Å². The number of hydrogen-bond acceptors (Lipinski definition) is 24. The molecule has 0 saturated carbocycles. The molecular formula is C112H124ClF3O24. The quantitative estimate of drug-likeness (QED) is 0.0125. The van der Waals surface area contributed by atoms with E-state index in [9.17, 15) is 103 Å². The minimum Gasteiger partial charge on any atom is -0.508 e. The molecule has 12 aromatic rings. The maximum absolute atomic E-state index is 13.5. The van der Waals surface area contributed by atoms with Gasteiger partial charge >= 0.3 is 0 Å². The molecule has 0 heterocycles. The van der Waals surface area contributed by atoms with Gasteiger partial charge in [-0.1, -0.05) is 179 Å². The Kier molecular flexibility index (Phi) is 45.0. The summed E-state index contributed by atoms with van der Waals surface area (Å²) >= 11 is 5.95. The fourth-order valence-electron chi connectivity index (χ4n) is 14.0. The van der Waals surface area contributed by atoms with E-state index in [1.54, 1.807) is 61.5 Å². The van der Waals surface area contributed by atoms with Crippen molar-refractivity contribution >= 4 is 46.3 Å². The van der Waals surface area contributed by atoms with Crippen LogP contribution in [0.1, 0.15) is 242 Å². The third-order valence-corrected chi connectivity index (χ3v) is 22.3. The topological polar surface area (TPSA) is 401 Å². The van der Waals surface area contributed by atoms with Gasteiger partial charge in [-0.3, -0.25) is 28.8 Å². The molecule has 0 spiro atoms. The molecule has 0 atom stereocenters. The van der Waals surface area contributed by atoms with Crippen LogP contribution in [0.4, 0.5) is 13.2 Å². The molecule has 744 valence electrons. The highest BCUT2D eigenvalue weighted by Crippen LogP contribution is 2.38. The predicted octanol–water partition coefficient (Wildman–Crippen LogP) is 24.5. The summed E-state index contributed by atoms with van der Waals surface area (Å²) in [6.45, 7) is 21.4. The summed E-state index contributed by atoms with van der Waals surface area (Å²) < 4.78 is 72.8. The highest BCUT2D eigenvalue weighted by Gasteiger charge is 2.24. The maximum atomic E-state index is 13.5. The van der Waals surface area contributed by atoms with E-state index in [2.05, 4.69) is 20.8 Å². The zero-order valence-corrected chi connectivity index (χ0v) is 81.5. The molecule has 28 heteroatoms. The van der Waals surface area contributed by atoms with E-state index in [-0.39, 0.29) is 176 Å². The number of benzene rings is 12. The number of phenols is 12. The fraction of sp³-hybridized carbons (Fsp3) is 0.304. The third-order valence-electron chi connectivity index (χ3n) is 21.9. The Morgan fingerprint density at radius 1 is 0.279 bits per heavy atom. The van der Waals surface area contributed by atoms with Gasteiger partial charge < -0.3 is 89.7 Å². The second-order valence-electron chi connectivity index (χ2n) is 33.5. The number of unbranched alkanes of at least 4 members (excludes halogenated alkanes) is 3. The van der Waals surface area contributed by atoms with Crippen molar-refractivity contribution in [1.82, 2.24) is 0 Å². The number of ether oxygens (including phenoxy) is 6. The zero-order valence-electron chi connectivity index (χ0n) is 80.8. The molecule has 140 heavy (non-hydrogen) atoms. The first-order valence-corrected chi connectivity index (χ1v) is 46.5. The van der Waals surface area contributed by atoms with Gasteiger partial charge in [0, 0.05) is 60.2 Å². The van der Waals surface area contributed by atoms with E-state index in [1.165, 1.54) is 79.2 Å². The molecule has 0 radical (unpaired) electrons. The van der Waals surface area contributed by atoms with Crippen LogP contribution in [0.5, 0.6) is 103 Å². The van der Waals surface area contributed by atoms with Gasteiger partial charge in [0.1, 0.15) is 121 Å². The highest BCUT2D eigenvalue weighted by atomic mass is 35.5. The number of rotatable bonds is 40. The van der Waals surface area contributed by atoms with E-state index >= 15 is 0 Å². The molecule has 0 fully saturated rings. The second kappa shape index (κ2) is 56.1. The molecule has 24 nitrogen and oxygen atoms in total. The van der Waals surface area contributed by atoms with Crippen molar-refractivity contribution in [2.45, 2.75) is 185 Å². The lowest BCUT2D eigenvalue weighted by Crippen LogP contribution is -2.12. The van der Waals surface area contributed by atoms with E-state index in [1.807, 2.05) is 109 Å². The molecule has 0 aromatic heterocycles. The smallest absolute Gasteiger partial charge is 0.203 e. The standard InChI is InChI=1S/C21H25FO4.C20H24O4.C18H18F2O4.2C18H20O4.C17H17ClO4/c1-3-4-5-6-7-15-10-17(20(24)12-19(15)23)21(25)13-26-16-9-8-14(2)18(22)11-16;1-4-5-15-10-17(19(22)11-18(15)21)20(23)12-24-16-8-6-14(7-9-16)13(2)3;1-3-4-11-5-13(17(22)8-16(11)21)18(23)9-24-12-6-14(19)10(2)15(20)7-12;1-3-6-13-9-14(16(20)10-15(13)19)17(21)11-22-18-8-5-4-7-12(18)2;1-3-5-13-9-15(17(20)10-16(13)19)18(21)11-22-14-7-4-6-12(2)8-14;1-2-5-11-8-12(15(20)9-14(11)19)16(21)10-22-17-7-4-3-6-13(17)18/h8-12,23-24H,3-7,13H2,1-2H3;6-11,13,21-22H,4-5,12H2,1-3H3;5-8,21-22H,3-4,9H2,1-2H3;4-5,7-10,19-20H,3,6,11H2,1-2H3;4,6-10,19-20H,3,5,11H2,1-2H3;3-4,6-9,19-20H,2,5,10H2,1H3. The molecule has 0 aliphatic carbocycles. The van der Waals surface area contributed by atoms with Gasteiger partial charge in [-0.15, -0.1) is 0 Å². The number of halogens is 4. The monoisotopic (exact) mass is 1940 g/mol. The second-order valence-corrected chi connectivity index (χ2v) is 33.9. The lowest BCUT2D eigenvalue weighted by molar-refractivity contribution is 0.0911. The van der Waals surface area contributed by atoms with Crippen LogP contribution < -0.4 is 28.4 Å². The Morgan fingerprint density at radius 3 is 0.921 bits per heavy atom. The van der Waals surface area contributed by atoms with E-state index in [0.29, 0.717) is 111 Å². The molecule has 0 bridgehead atoms. The van der Waals surface area contributed by atoms with Gasteiger partial charge in [-0.25, -0.2) is 13.2 Å². The van der Waals surface area contributed by atoms with Crippen LogP contribution in [0, 0.1) is 45.1 Å². The Bertz CT molecular complexity index is 6070. The normalized spacial score (nSPS) is 10.6. The van der Waals surface area contributed by atoms with Crippen molar-refractivity contribution in [1.29, 1.82) is 0 Å². The number of carbonyl (C=O) groups is 6. The van der Waals surface area contributed by atoms with Crippen LogP contribution in [0.25, 0.3) is 0 Å². The largest absolute Gasteiger partial charge is 0.508 e. The maximum Gasteiger partial charge on any atom is 0.203 e. The number of aryl methyl sites for hydroxylation is 9. The van der Waals surface area contributed by atoms with Crippen molar-refractivity contribution < 1.29 is 132 Å². The van der Waals surface area contributed by atoms with Crippen molar-refractivity contribution in [3.05, 3.63) is 317 Å². The lowest BCUT2D eigenvalue weighted by atomic mass is 10.0. The van der Waals surface area contributed by atoms with Crippen LogP contribution in [-0.4, -0.2) is 136 Å². The van der Waals surface area contributed by atoms with Crippen LogP contribution in [0.2, 0.25) is 5.02 Å². The predicted molar refractivity (Wildman–Crippen MR) is 532 cm³/mol. The summed E-state index contributed by atoms with van der Waals surface area (Å²) in [7, 11) is 0. The number of ketones is 6. The third kappa shape index (κ3) is 34.4. The molecule has 0 aliphatic heterocycles. The zero-order chi connectivity index (χ0) is 103. The van der Waals surface area contributed by atoms with Gasteiger partial charge in [0.15, 0.2) is 39.6 Å². The first kappa shape index (κ1) is 112. The van der Waals surface area contributed by atoms with E-state index < -0.39 is 35.6 Å². The van der Waals surface area contributed by atoms with Gasteiger partial charge in [-0.05, 0) is 219 Å². The summed E-state index contributed by atoms with van der Waals surface area (Å²) in [6.07, 6.45) is 12.0. The van der Waals surface area contributed by atoms with Crippen LogP contribution in [0.3, 0.4) is 0 Å². The number of para-hydroxylation sites is 2. The summed E-state index contributed by atoms with van der Waals surface area (Å²) in [5.41, 5.74) is 8.04. The van der Waals surface area contributed by atoms with Gasteiger partial charge in [0.05, 0.1) is 38.4 Å². The van der Waals surface area contributed by atoms with Crippen molar-refractivity contribution in [2.75, 3.05) is 39.6 Å². The molecule has 0 unspecified atom stereocenters. The van der Waals surface area contributed by atoms with E-state index in [0.717, 1.165) is 87.1 Å². The first-order chi connectivity index (χ1) is 66.7. The Balaban J connectivity index is 0.000000229. The van der Waals surface area contributed by atoms with Crippen molar-refractivity contribution in [3.8, 4) is 103 Å². The minimum atomic E-state index is -0.768. The van der Waals surface area contributed by atoms with Gasteiger partial charge in [0.25, 0.3) is 0 Å². The summed E-state index contributed by atoms with van der Waals surface area (Å²) in [5.74, 6) is -3.13. The summed E-state index contributed by atoms with van der Waals surface area (Å²) in [4.78, 5) is 73.6. The summed E-state index contributed by atoms with van der Waals surface area (Å²) in [5, 5.41) is 119. The van der Waals surface area contributed by atoms with Crippen molar-refractivity contribution in [3.63, 3.8) is 0 Å². The number of aromatic hydroxyl groups is 12. The lowest BCUT2D eigenvalue weighted by Gasteiger charge is -2.11. The number of phenolic OH excluding ortho intramolecular Hbond substituents is 12. The average molecular weight is 1950 g/mol. The number of hydrogen-bond donors (Lipinski definition) is 12. The Hall–Kier alpha value is -14.9. The fourth-order valence-corrected chi connectivity index (χ4v) is 14.2.